The van der Waals surface area contributed by atoms with Crippen molar-refractivity contribution in [1.82, 2.24) is 0 Å². The maximum absolute atomic E-state index is 11.0. The second-order valence-electron chi connectivity index (χ2n) is 3.78. The third-order valence-corrected chi connectivity index (χ3v) is 3.45. The lowest BCUT2D eigenvalue weighted by Crippen LogP contribution is -2.16. The van der Waals surface area contributed by atoms with Crippen LogP contribution in [0.4, 0.5) is 0 Å². The Morgan fingerprint density at radius 2 is 2.29 bits per heavy atom. The molecule has 0 radical (unpaired) electrons. The van der Waals surface area contributed by atoms with Gasteiger partial charge in [0.2, 0.25) is 0 Å². The minimum absolute atomic E-state index is 0.135. The Kier molecular flexibility index (Phi) is 2.35. The summed E-state index contributed by atoms with van der Waals surface area (Å²) < 4.78 is 1.02. The minimum atomic E-state index is -0.690. The number of benzene rings is 1. The monoisotopic (exact) mass is 254 g/mol. The Bertz CT molecular complexity index is 387. The molecule has 1 aliphatic carbocycles. The van der Waals surface area contributed by atoms with Gasteiger partial charge in [-0.05, 0) is 35.6 Å². The first-order valence-electron chi connectivity index (χ1n) is 4.60. The van der Waals surface area contributed by atoms with Crippen LogP contribution in [-0.2, 0) is 11.2 Å². The van der Waals surface area contributed by atoms with E-state index in [4.69, 9.17) is 5.11 Å². The number of aliphatic carboxylic acids is 1. The quantitative estimate of drug-likeness (QED) is 0.837. The smallest absolute Gasteiger partial charge is 0.307 e. The summed E-state index contributed by atoms with van der Waals surface area (Å²) in [5, 5.41) is 9.01. The molecule has 1 aromatic carbocycles. The van der Waals surface area contributed by atoms with Crippen molar-refractivity contribution >= 4 is 21.9 Å². The summed E-state index contributed by atoms with van der Waals surface area (Å²) in [5.41, 5.74) is 2.35. The fourth-order valence-corrected chi connectivity index (χ4v) is 2.54. The van der Waals surface area contributed by atoms with Crippen LogP contribution in [0.1, 0.15) is 24.0 Å². The van der Waals surface area contributed by atoms with E-state index >= 15 is 0 Å². The Morgan fingerprint density at radius 3 is 2.93 bits per heavy atom. The van der Waals surface area contributed by atoms with E-state index in [9.17, 15) is 4.79 Å². The lowest BCUT2D eigenvalue weighted by atomic mass is 9.95. The van der Waals surface area contributed by atoms with Crippen molar-refractivity contribution in [3.05, 3.63) is 33.8 Å². The summed E-state index contributed by atoms with van der Waals surface area (Å²) in [6, 6.07) is 6.02. The van der Waals surface area contributed by atoms with Gasteiger partial charge in [0, 0.05) is 4.47 Å². The van der Waals surface area contributed by atoms with Crippen molar-refractivity contribution in [2.75, 3.05) is 0 Å². The van der Waals surface area contributed by atoms with Gasteiger partial charge in [0.05, 0.1) is 5.92 Å². The molecule has 2 atom stereocenters. The van der Waals surface area contributed by atoms with Gasteiger partial charge in [-0.3, -0.25) is 4.79 Å². The third-order valence-electron chi connectivity index (χ3n) is 2.96. The molecule has 0 saturated heterocycles. The summed E-state index contributed by atoms with van der Waals surface area (Å²) in [6.45, 7) is 1.98. The molecule has 0 saturated carbocycles. The van der Waals surface area contributed by atoms with Crippen molar-refractivity contribution in [3.8, 4) is 0 Å². The van der Waals surface area contributed by atoms with Gasteiger partial charge in [-0.15, -0.1) is 0 Å². The molecular formula is C11H11BrO2. The number of hydrogen-bond acceptors (Lipinski definition) is 1. The van der Waals surface area contributed by atoms with Gasteiger partial charge in [0.15, 0.2) is 0 Å². The van der Waals surface area contributed by atoms with Gasteiger partial charge in [0.1, 0.15) is 0 Å². The number of carboxylic acid groups (broad SMARTS) is 1. The van der Waals surface area contributed by atoms with E-state index in [1.54, 1.807) is 0 Å². The summed E-state index contributed by atoms with van der Waals surface area (Å²) in [5.74, 6) is -0.806. The Balaban J connectivity index is 2.40. The highest BCUT2D eigenvalue weighted by atomic mass is 79.9. The lowest BCUT2D eigenvalue weighted by Gasteiger charge is -2.09. The molecule has 0 fully saturated rings. The van der Waals surface area contributed by atoms with Crippen LogP contribution in [0.25, 0.3) is 0 Å². The first kappa shape index (κ1) is 9.71. The average Bonchev–Trinajstić information content (AvgIpc) is 2.43. The van der Waals surface area contributed by atoms with Crippen LogP contribution in [0.3, 0.4) is 0 Å². The van der Waals surface area contributed by atoms with Gasteiger partial charge >= 0.3 is 5.97 Å². The van der Waals surface area contributed by atoms with Gasteiger partial charge in [-0.25, -0.2) is 0 Å². The van der Waals surface area contributed by atoms with E-state index in [0.717, 1.165) is 4.47 Å². The van der Waals surface area contributed by atoms with Crippen LogP contribution in [0.5, 0.6) is 0 Å². The molecule has 1 aliphatic rings. The fourth-order valence-electron chi connectivity index (χ4n) is 2.13. The van der Waals surface area contributed by atoms with Crippen molar-refractivity contribution in [3.63, 3.8) is 0 Å². The molecule has 0 bridgehead atoms. The number of carbonyl (C=O) groups is 1. The Labute approximate surface area is 91.1 Å². The molecule has 0 unspecified atom stereocenters. The molecule has 0 aliphatic heterocycles. The van der Waals surface area contributed by atoms with E-state index in [-0.39, 0.29) is 11.8 Å². The molecule has 74 valence electrons. The van der Waals surface area contributed by atoms with E-state index in [1.165, 1.54) is 11.1 Å². The zero-order valence-electron chi connectivity index (χ0n) is 7.83. The van der Waals surface area contributed by atoms with E-state index in [0.29, 0.717) is 6.42 Å². The van der Waals surface area contributed by atoms with Crippen molar-refractivity contribution in [2.45, 2.75) is 19.3 Å². The SMILES string of the molecule is C[C@H]1c2ccc(Br)cc2C[C@@H]1C(=O)O. The molecule has 3 heteroatoms. The molecule has 2 nitrogen and oxygen atoms in total. The maximum atomic E-state index is 11.0. The normalized spacial score (nSPS) is 24.7. The second-order valence-corrected chi connectivity index (χ2v) is 4.70. The van der Waals surface area contributed by atoms with Crippen LogP contribution in [0.15, 0.2) is 22.7 Å². The number of halogens is 1. The van der Waals surface area contributed by atoms with Crippen molar-refractivity contribution in [1.29, 1.82) is 0 Å². The van der Waals surface area contributed by atoms with Crippen LogP contribution in [0, 0.1) is 5.92 Å². The number of hydrogen-bond donors (Lipinski definition) is 1. The number of fused-ring (bicyclic) bond motifs is 1. The fraction of sp³-hybridized carbons (Fsp3) is 0.364. The first-order valence-corrected chi connectivity index (χ1v) is 5.40. The molecule has 1 aromatic rings. The van der Waals surface area contributed by atoms with Crippen LogP contribution >= 0.6 is 15.9 Å². The largest absolute Gasteiger partial charge is 0.481 e. The van der Waals surface area contributed by atoms with E-state index in [2.05, 4.69) is 15.9 Å². The van der Waals surface area contributed by atoms with Crippen molar-refractivity contribution < 1.29 is 9.90 Å². The predicted molar refractivity (Wildman–Crippen MR) is 57.4 cm³/mol. The first-order chi connectivity index (χ1) is 6.59. The molecule has 0 spiro atoms. The molecule has 1 N–H and O–H groups in total. The molecule has 2 rings (SSSR count). The maximum Gasteiger partial charge on any atom is 0.307 e. The zero-order valence-corrected chi connectivity index (χ0v) is 9.41. The minimum Gasteiger partial charge on any atom is -0.481 e. The molecule has 14 heavy (non-hydrogen) atoms. The van der Waals surface area contributed by atoms with Gasteiger partial charge in [-0.2, -0.15) is 0 Å². The topological polar surface area (TPSA) is 37.3 Å². The highest BCUT2D eigenvalue weighted by molar-refractivity contribution is 9.10. The average molecular weight is 255 g/mol. The molecule has 0 amide bonds. The highest BCUT2D eigenvalue weighted by Crippen LogP contribution is 2.38. The van der Waals surface area contributed by atoms with E-state index in [1.807, 2.05) is 25.1 Å². The van der Waals surface area contributed by atoms with Crippen molar-refractivity contribution in [2.24, 2.45) is 5.92 Å². The standard InChI is InChI=1S/C11H11BrO2/c1-6-9-3-2-8(12)4-7(9)5-10(6)11(13)14/h2-4,6,10H,5H2,1H3,(H,13,14)/t6-,10-/m0/s1. The van der Waals surface area contributed by atoms with Crippen LogP contribution in [0.2, 0.25) is 0 Å². The highest BCUT2D eigenvalue weighted by Gasteiger charge is 2.33. The second kappa shape index (κ2) is 3.39. The van der Waals surface area contributed by atoms with Gasteiger partial charge in [0.25, 0.3) is 0 Å². The summed E-state index contributed by atoms with van der Waals surface area (Å²) in [7, 11) is 0. The number of carboxylic acids is 1. The zero-order chi connectivity index (χ0) is 10.3. The molecule has 0 heterocycles. The summed E-state index contributed by atoms with van der Waals surface area (Å²) in [6.07, 6.45) is 0.658. The van der Waals surface area contributed by atoms with Gasteiger partial charge in [-0.1, -0.05) is 28.9 Å². The van der Waals surface area contributed by atoms with E-state index < -0.39 is 5.97 Å². The molecule has 0 aromatic heterocycles. The Morgan fingerprint density at radius 1 is 1.57 bits per heavy atom. The summed E-state index contributed by atoms with van der Waals surface area (Å²) in [4.78, 5) is 11.0. The number of rotatable bonds is 1. The molecular weight excluding hydrogens is 244 g/mol. The Hall–Kier alpha value is -0.830. The van der Waals surface area contributed by atoms with Crippen LogP contribution in [-0.4, -0.2) is 11.1 Å². The predicted octanol–water partition coefficient (Wildman–Crippen LogP) is 2.81. The van der Waals surface area contributed by atoms with Gasteiger partial charge < -0.3 is 5.11 Å². The summed E-state index contributed by atoms with van der Waals surface area (Å²) >= 11 is 3.39. The van der Waals surface area contributed by atoms with Crippen LogP contribution < -0.4 is 0 Å². The lowest BCUT2D eigenvalue weighted by molar-refractivity contribution is -0.142. The third kappa shape index (κ3) is 1.46.